The van der Waals surface area contributed by atoms with Crippen LogP contribution in [0.2, 0.25) is 0 Å². The minimum Gasteiger partial charge on any atom is -0.496 e. The number of allylic oxidation sites excluding steroid dienone is 1. The lowest BCUT2D eigenvalue weighted by atomic mass is 9.96. The van der Waals surface area contributed by atoms with Crippen LogP contribution in [0.25, 0.3) is 11.1 Å². The second-order valence-corrected chi connectivity index (χ2v) is 9.01. The number of carbonyl (C=O) groups excluding carboxylic acids is 1. The largest absolute Gasteiger partial charge is 0.496 e. The smallest absolute Gasteiger partial charge is 0.338 e. The molecule has 0 N–H and O–H groups in total. The highest BCUT2D eigenvalue weighted by Gasteiger charge is 2.60. The van der Waals surface area contributed by atoms with Crippen LogP contribution in [0.5, 0.6) is 17.2 Å². The van der Waals surface area contributed by atoms with Gasteiger partial charge in [-0.3, -0.25) is 0 Å². The lowest BCUT2D eigenvalue weighted by molar-refractivity contribution is -0.216. The standard InChI is InChI=1S/C26H30O7/c1-15(2)10-23-32-25(4,5)26(33-23)14-30-20-9-8-17(12-22(20)31-26)18-11-19(24(27)29-7)16(3)21(13-18)28-6/h8-13,23H,14H2,1-7H3/t23-,26+/m1/s1. The maximum absolute atomic E-state index is 12.3. The number of benzene rings is 2. The van der Waals surface area contributed by atoms with E-state index in [1.165, 1.54) is 7.11 Å². The number of fused-ring (bicyclic) bond motifs is 1. The average molecular weight is 455 g/mol. The van der Waals surface area contributed by atoms with E-state index in [1.54, 1.807) is 13.2 Å². The van der Waals surface area contributed by atoms with Crippen molar-refractivity contribution >= 4 is 5.97 Å². The van der Waals surface area contributed by atoms with Gasteiger partial charge in [0.2, 0.25) is 0 Å². The van der Waals surface area contributed by atoms with Crippen LogP contribution in [0, 0.1) is 6.92 Å². The molecule has 2 aromatic carbocycles. The van der Waals surface area contributed by atoms with Crippen LogP contribution >= 0.6 is 0 Å². The Labute approximate surface area is 194 Å². The van der Waals surface area contributed by atoms with Gasteiger partial charge in [-0.2, -0.15) is 0 Å². The number of esters is 1. The highest BCUT2D eigenvalue weighted by atomic mass is 16.8. The van der Waals surface area contributed by atoms with Crippen LogP contribution in [-0.2, 0) is 14.2 Å². The van der Waals surface area contributed by atoms with Gasteiger partial charge in [0.05, 0.1) is 19.8 Å². The van der Waals surface area contributed by atoms with E-state index in [0.29, 0.717) is 28.4 Å². The molecular weight excluding hydrogens is 424 g/mol. The SMILES string of the molecule is COC(=O)c1cc(-c2ccc3c(c2)O[C@@]2(CO3)O[C@H](C=C(C)C)OC2(C)C)cc(OC)c1C. The number of methoxy groups -OCH3 is 2. The van der Waals surface area contributed by atoms with Crippen LogP contribution in [0.4, 0.5) is 0 Å². The number of rotatable bonds is 4. The van der Waals surface area contributed by atoms with Gasteiger partial charge < -0.3 is 28.4 Å². The summed E-state index contributed by atoms with van der Waals surface area (Å²) in [6.45, 7) is 9.86. The van der Waals surface area contributed by atoms with Crippen molar-refractivity contribution in [3.8, 4) is 28.4 Å². The molecule has 0 bridgehead atoms. The third-order valence-electron chi connectivity index (χ3n) is 6.06. The van der Waals surface area contributed by atoms with Crippen molar-refractivity contribution in [1.29, 1.82) is 0 Å². The average Bonchev–Trinajstić information content (AvgIpc) is 3.00. The number of carbonyl (C=O) groups is 1. The first-order chi connectivity index (χ1) is 15.6. The second kappa shape index (κ2) is 8.39. The summed E-state index contributed by atoms with van der Waals surface area (Å²) in [6.07, 6.45) is 1.39. The van der Waals surface area contributed by atoms with Crippen LogP contribution < -0.4 is 14.2 Å². The molecule has 0 radical (unpaired) electrons. The highest BCUT2D eigenvalue weighted by molar-refractivity contribution is 5.93. The number of hydrogen-bond donors (Lipinski definition) is 0. The van der Waals surface area contributed by atoms with Gasteiger partial charge >= 0.3 is 5.97 Å². The van der Waals surface area contributed by atoms with Gasteiger partial charge in [-0.1, -0.05) is 11.6 Å². The fraction of sp³-hybridized carbons (Fsp3) is 0.423. The molecule has 0 aromatic heterocycles. The van der Waals surface area contributed by atoms with Crippen LogP contribution in [0.3, 0.4) is 0 Å². The third kappa shape index (κ3) is 4.07. The fourth-order valence-electron chi connectivity index (χ4n) is 4.08. The fourth-order valence-corrected chi connectivity index (χ4v) is 4.08. The molecule has 176 valence electrons. The van der Waals surface area contributed by atoms with E-state index in [0.717, 1.165) is 16.7 Å². The monoisotopic (exact) mass is 454 g/mol. The predicted molar refractivity (Wildman–Crippen MR) is 123 cm³/mol. The summed E-state index contributed by atoms with van der Waals surface area (Å²) < 4.78 is 35.2. The van der Waals surface area contributed by atoms with Crippen LogP contribution in [0.15, 0.2) is 42.0 Å². The number of ether oxygens (including phenoxy) is 6. The van der Waals surface area contributed by atoms with Crippen molar-refractivity contribution < 1.29 is 33.2 Å². The molecule has 2 aromatic rings. The minimum absolute atomic E-state index is 0.199. The highest BCUT2D eigenvalue weighted by Crippen LogP contribution is 2.47. The summed E-state index contributed by atoms with van der Waals surface area (Å²) in [7, 11) is 2.93. The van der Waals surface area contributed by atoms with Gasteiger partial charge in [0.25, 0.3) is 5.79 Å². The lowest BCUT2D eigenvalue weighted by Crippen LogP contribution is -2.58. The van der Waals surface area contributed by atoms with Gasteiger partial charge in [0, 0.05) is 5.56 Å². The molecule has 1 fully saturated rings. The summed E-state index contributed by atoms with van der Waals surface area (Å²) in [6, 6.07) is 9.30. The van der Waals surface area contributed by atoms with E-state index in [4.69, 9.17) is 28.4 Å². The van der Waals surface area contributed by atoms with E-state index in [-0.39, 0.29) is 6.61 Å². The Morgan fingerprint density at radius 2 is 1.82 bits per heavy atom. The van der Waals surface area contributed by atoms with Gasteiger partial charge in [0.15, 0.2) is 24.4 Å². The summed E-state index contributed by atoms with van der Waals surface area (Å²) in [5.41, 5.74) is 3.11. The van der Waals surface area contributed by atoms with Gasteiger partial charge in [0.1, 0.15) is 11.4 Å². The summed E-state index contributed by atoms with van der Waals surface area (Å²) in [4.78, 5) is 12.3. The van der Waals surface area contributed by atoms with Crippen molar-refractivity contribution in [3.63, 3.8) is 0 Å². The molecular formula is C26H30O7. The van der Waals surface area contributed by atoms with Gasteiger partial charge in [-0.05, 0) is 76.1 Å². The molecule has 0 saturated carbocycles. The Morgan fingerprint density at radius 3 is 2.48 bits per heavy atom. The zero-order valence-corrected chi connectivity index (χ0v) is 20.1. The summed E-state index contributed by atoms with van der Waals surface area (Å²) >= 11 is 0. The summed E-state index contributed by atoms with van der Waals surface area (Å²) in [5, 5.41) is 0. The first-order valence-electron chi connectivity index (χ1n) is 10.8. The lowest BCUT2D eigenvalue weighted by Gasteiger charge is -2.40. The van der Waals surface area contributed by atoms with E-state index in [1.807, 2.05) is 65.0 Å². The van der Waals surface area contributed by atoms with Crippen molar-refractivity contribution in [2.45, 2.75) is 52.3 Å². The molecule has 7 nitrogen and oxygen atoms in total. The molecule has 0 aliphatic carbocycles. The van der Waals surface area contributed by atoms with Crippen molar-refractivity contribution in [2.75, 3.05) is 20.8 Å². The zero-order valence-electron chi connectivity index (χ0n) is 20.1. The topological polar surface area (TPSA) is 72.5 Å². The van der Waals surface area contributed by atoms with Crippen molar-refractivity contribution in [1.82, 2.24) is 0 Å². The zero-order chi connectivity index (χ0) is 24.0. The molecule has 2 aliphatic rings. The molecule has 0 unspecified atom stereocenters. The molecule has 1 spiro atoms. The second-order valence-electron chi connectivity index (χ2n) is 9.01. The van der Waals surface area contributed by atoms with Crippen molar-refractivity contribution in [3.05, 3.63) is 53.1 Å². The van der Waals surface area contributed by atoms with Crippen LogP contribution in [-0.4, -0.2) is 44.5 Å². The molecule has 2 heterocycles. The Balaban J connectivity index is 1.72. The van der Waals surface area contributed by atoms with E-state index in [9.17, 15) is 4.79 Å². The Kier molecular flexibility index (Phi) is 5.88. The van der Waals surface area contributed by atoms with Crippen LogP contribution in [0.1, 0.15) is 43.6 Å². The Hall–Kier alpha value is -3.03. The normalized spacial score (nSPS) is 22.7. The van der Waals surface area contributed by atoms with Gasteiger partial charge in [-0.15, -0.1) is 0 Å². The van der Waals surface area contributed by atoms with Gasteiger partial charge in [-0.25, -0.2) is 4.79 Å². The third-order valence-corrected chi connectivity index (χ3v) is 6.06. The van der Waals surface area contributed by atoms with E-state index in [2.05, 4.69) is 0 Å². The Bertz CT molecular complexity index is 1110. The molecule has 2 aliphatic heterocycles. The Morgan fingerprint density at radius 1 is 1.06 bits per heavy atom. The minimum atomic E-state index is -1.10. The molecule has 4 rings (SSSR count). The number of hydrogen-bond acceptors (Lipinski definition) is 7. The first kappa shape index (κ1) is 23.1. The molecule has 2 atom stereocenters. The summed E-state index contributed by atoms with van der Waals surface area (Å²) in [5.74, 6) is 0.219. The quantitative estimate of drug-likeness (QED) is 0.473. The van der Waals surface area contributed by atoms with E-state index >= 15 is 0 Å². The maximum Gasteiger partial charge on any atom is 0.338 e. The maximum atomic E-state index is 12.3. The predicted octanol–water partition coefficient (Wildman–Crippen LogP) is 5.04. The molecule has 0 amide bonds. The molecule has 1 saturated heterocycles. The molecule has 33 heavy (non-hydrogen) atoms. The first-order valence-corrected chi connectivity index (χ1v) is 10.8. The molecule has 7 heteroatoms. The van der Waals surface area contributed by atoms with E-state index < -0.39 is 23.6 Å². The van der Waals surface area contributed by atoms with Crippen molar-refractivity contribution in [2.24, 2.45) is 0 Å².